The van der Waals surface area contributed by atoms with Crippen LogP contribution in [-0.4, -0.2) is 35.6 Å². The molecule has 34 heavy (non-hydrogen) atoms. The maximum absolute atomic E-state index is 14.5. The van der Waals surface area contributed by atoms with Gasteiger partial charge in [-0.1, -0.05) is 30.0 Å². The fourth-order valence-corrected chi connectivity index (χ4v) is 4.04. The van der Waals surface area contributed by atoms with Gasteiger partial charge in [0.2, 0.25) is 11.3 Å². The second-order valence-corrected chi connectivity index (χ2v) is 6.95. The third-order valence-corrected chi connectivity index (χ3v) is 5.25. The number of aromatic nitrogens is 1. The molecule has 0 atom stereocenters. The van der Waals surface area contributed by atoms with Gasteiger partial charge >= 0.3 is 24.7 Å². The van der Waals surface area contributed by atoms with Gasteiger partial charge in [0.05, 0.1) is 0 Å². The van der Waals surface area contributed by atoms with Crippen LogP contribution in [0.2, 0.25) is 0 Å². The van der Waals surface area contributed by atoms with Crippen molar-refractivity contribution in [1.82, 2.24) is 4.98 Å². The molecule has 0 fully saturated rings. The van der Waals surface area contributed by atoms with Crippen LogP contribution in [0, 0.1) is 16.9 Å². The Kier molecular flexibility index (Phi) is 6.46. The average molecular weight is 694 g/mol. The molecule has 3 rings (SSSR count). The molecule has 1 nitrogen and oxygen atoms in total. The summed E-state index contributed by atoms with van der Waals surface area (Å²) in [5.74, 6) is -6.85. The van der Waals surface area contributed by atoms with Crippen molar-refractivity contribution in [3.63, 3.8) is 0 Å². The van der Waals surface area contributed by atoms with Gasteiger partial charge in [0, 0.05) is 25.6 Å². The Labute approximate surface area is 193 Å². The maximum Gasteiger partial charge on any atom is 0.409 e. The van der Waals surface area contributed by atoms with E-state index in [1.807, 2.05) is 0 Å². The third-order valence-electron chi connectivity index (χ3n) is 5.25. The van der Waals surface area contributed by atoms with E-state index in [4.69, 9.17) is 0 Å². The molecule has 2 aromatic rings. The fourth-order valence-electron chi connectivity index (χ4n) is 4.04. The number of fused-ring (bicyclic) bond motifs is 1. The summed E-state index contributed by atoms with van der Waals surface area (Å²) >= 11 is 0. The normalized spacial score (nSPS) is 20.1. The molecule has 1 aliphatic carbocycles. The van der Waals surface area contributed by atoms with Crippen molar-refractivity contribution in [3.8, 4) is 0 Å². The fraction of sp³-hybridized carbons (Fsp3) is 0.389. The van der Waals surface area contributed by atoms with Gasteiger partial charge in [-0.3, -0.25) is 0 Å². The van der Waals surface area contributed by atoms with Gasteiger partial charge in [0.25, 0.3) is 0 Å². The molecular weight excluding hydrogens is 688 g/mol. The van der Waals surface area contributed by atoms with E-state index in [0.29, 0.717) is 6.07 Å². The maximum atomic E-state index is 14.5. The van der Waals surface area contributed by atoms with Gasteiger partial charge < -0.3 is 4.98 Å². The van der Waals surface area contributed by atoms with Crippen LogP contribution in [0.15, 0.2) is 36.4 Å². The largest absolute Gasteiger partial charge is 0.409 e. The van der Waals surface area contributed by atoms with Crippen molar-refractivity contribution in [2.45, 2.75) is 30.6 Å². The van der Waals surface area contributed by atoms with Gasteiger partial charge in [-0.05, 0) is 11.5 Å². The zero-order valence-corrected chi connectivity index (χ0v) is 17.9. The molecule has 0 amide bonds. The SMILES string of the molecule is FC(F)(F)C1(C(F)(F)F)C(c2ccc3ccccc3n2)=[C-]C(F)(F)C1(C(F)(F)F)C(F)(F)F.[Ir]. The molecule has 0 bridgehead atoms. The Balaban J connectivity index is 0.00000408. The molecule has 0 saturated carbocycles. The molecule has 1 heterocycles. The monoisotopic (exact) mass is 695 g/mol. The van der Waals surface area contributed by atoms with Crippen molar-refractivity contribution >= 4 is 16.5 Å². The number of hydrogen-bond donors (Lipinski definition) is 0. The van der Waals surface area contributed by atoms with E-state index in [0.717, 1.165) is 12.1 Å². The minimum atomic E-state index is -7.80. The molecule has 1 aliphatic rings. The minimum absolute atomic E-state index is 0. The molecule has 0 N–H and O–H groups in total. The average Bonchev–Trinajstić information content (AvgIpc) is 2.86. The number of alkyl halides is 14. The Hall–Kier alpha value is -1.96. The zero-order chi connectivity index (χ0) is 25.5. The number of benzene rings is 1. The molecular formula is C18H6F14IrN-. The van der Waals surface area contributed by atoms with Crippen LogP contribution < -0.4 is 0 Å². The molecule has 1 aromatic heterocycles. The Morgan fingerprint density at radius 3 is 1.56 bits per heavy atom. The van der Waals surface area contributed by atoms with Gasteiger partial charge in [-0.15, -0.1) is 6.07 Å². The predicted octanol–water partition coefficient (Wildman–Crippen LogP) is 7.29. The summed E-state index contributed by atoms with van der Waals surface area (Å²) < 4.78 is 194. The zero-order valence-electron chi connectivity index (χ0n) is 15.5. The van der Waals surface area contributed by atoms with Crippen LogP contribution in [0.4, 0.5) is 61.5 Å². The summed E-state index contributed by atoms with van der Waals surface area (Å²) in [4.78, 5) is 3.21. The van der Waals surface area contributed by atoms with Gasteiger partial charge in [-0.25, -0.2) is 8.78 Å². The van der Waals surface area contributed by atoms with Gasteiger partial charge in [-0.2, -0.15) is 64.3 Å². The summed E-state index contributed by atoms with van der Waals surface area (Å²) in [6.07, 6.45) is -30.8. The first-order valence-corrected chi connectivity index (χ1v) is 8.33. The van der Waals surface area contributed by atoms with E-state index in [2.05, 4.69) is 4.98 Å². The summed E-state index contributed by atoms with van der Waals surface area (Å²) in [5, 5.41) is -0.00543. The molecule has 191 valence electrons. The summed E-state index contributed by atoms with van der Waals surface area (Å²) in [7, 11) is 0. The van der Waals surface area contributed by atoms with Crippen molar-refractivity contribution in [1.29, 1.82) is 0 Å². The van der Waals surface area contributed by atoms with Crippen LogP contribution in [0.25, 0.3) is 16.5 Å². The summed E-state index contributed by atoms with van der Waals surface area (Å²) in [6.45, 7) is 0. The Morgan fingerprint density at radius 2 is 1.12 bits per heavy atom. The first-order valence-electron chi connectivity index (χ1n) is 8.33. The Bertz CT molecular complexity index is 1080. The number of allylic oxidation sites excluding steroid dienone is 2. The van der Waals surface area contributed by atoms with E-state index in [9.17, 15) is 61.5 Å². The van der Waals surface area contributed by atoms with Gasteiger partial charge in [0.15, 0.2) is 5.41 Å². The molecule has 1 aromatic carbocycles. The van der Waals surface area contributed by atoms with Crippen molar-refractivity contribution in [2.75, 3.05) is 0 Å². The van der Waals surface area contributed by atoms with E-state index in [1.165, 1.54) is 12.1 Å². The number of halogens is 14. The smallest absolute Gasteiger partial charge is 0.343 e. The molecule has 0 saturated heterocycles. The number of nitrogens with zero attached hydrogens (tertiary/aromatic N) is 1. The molecule has 0 aliphatic heterocycles. The van der Waals surface area contributed by atoms with Crippen molar-refractivity contribution in [3.05, 3.63) is 48.2 Å². The van der Waals surface area contributed by atoms with Crippen LogP contribution in [0.1, 0.15) is 5.69 Å². The third kappa shape index (κ3) is 3.34. The number of para-hydroxylation sites is 1. The van der Waals surface area contributed by atoms with E-state index in [1.54, 1.807) is 0 Å². The minimum Gasteiger partial charge on any atom is -0.343 e. The van der Waals surface area contributed by atoms with Crippen LogP contribution >= 0.6 is 0 Å². The van der Waals surface area contributed by atoms with Crippen molar-refractivity contribution < 1.29 is 81.6 Å². The number of pyridine rings is 1. The summed E-state index contributed by atoms with van der Waals surface area (Å²) in [6, 6.07) is 5.46. The van der Waals surface area contributed by atoms with Crippen LogP contribution in [-0.2, 0) is 20.1 Å². The standard InChI is InChI=1S/C18H6F14N.Ir/c19-12(20)7-9(11-6-5-8-3-1-2-4-10(8)33-11)13(15(21,22)23,16(24,25)26)14(12,17(27,28)29)18(30,31)32;/h1-6H;/q-1;. The second-order valence-electron chi connectivity index (χ2n) is 6.95. The van der Waals surface area contributed by atoms with E-state index >= 15 is 0 Å². The molecule has 0 unspecified atom stereocenters. The predicted molar refractivity (Wildman–Crippen MR) is 82.4 cm³/mol. The van der Waals surface area contributed by atoms with E-state index in [-0.39, 0.29) is 37.6 Å². The molecule has 16 heteroatoms. The first kappa shape index (κ1) is 28.3. The second kappa shape index (κ2) is 7.77. The van der Waals surface area contributed by atoms with Gasteiger partial charge in [0.1, 0.15) is 0 Å². The van der Waals surface area contributed by atoms with E-state index < -0.39 is 58.2 Å². The van der Waals surface area contributed by atoms with Crippen LogP contribution in [0.3, 0.4) is 0 Å². The quantitative estimate of drug-likeness (QED) is 0.226. The van der Waals surface area contributed by atoms with Crippen LogP contribution in [0.5, 0.6) is 0 Å². The molecule has 0 spiro atoms. The summed E-state index contributed by atoms with van der Waals surface area (Å²) in [5.41, 5.74) is -20.3. The first-order chi connectivity index (χ1) is 14.7. The molecule has 1 radical (unpaired) electrons. The Morgan fingerprint density at radius 1 is 0.647 bits per heavy atom. The number of hydrogen-bond acceptors (Lipinski definition) is 1. The topological polar surface area (TPSA) is 12.9 Å². The van der Waals surface area contributed by atoms with Crippen molar-refractivity contribution in [2.24, 2.45) is 10.8 Å². The number of rotatable bonds is 1.